The SMILES string of the molecule is CC1CCc2c(F)cccc2C1NC(=O)Cc1ccc(N)cc1.Cl. The van der Waals surface area contributed by atoms with Gasteiger partial charge in [-0.2, -0.15) is 0 Å². The molecular weight excluding hydrogens is 327 g/mol. The van der Waals surface area contributed by atoms with Crippen molar-refractivity contribution < 1.29 is 9.18 Å². The summed E-state index contributed by atoms with van der Waals surface area (Å²) < 4.78 is 14.0. The number of nitrogens with one attached hydrogen (secondary N) is 1. The molecule has 0 saturated carbocycles. The van der Waals surface area contributed by atoms with E-state index in [2.05, 4.69) is 12.2 Å². The first kappa shape index (κ1) is 18.3. The maximum atomic E-state index is 14.0. The molecule has 1 aliphatic rings. The number of nitrogen functional groups attached to an aromatic ring is 1. The van der Waals surface area contributed by atoms with Crippen molar-refractivity contribution in [3.05, 3.63) is 65.0 Å². The molecule has 2 unspecified atom stereocenters. The first-order valence-electron chi connectivity index (χ1n) is 7.95. The fourth-order valence-electron chi connectivity index (χ4n) is 3.24. The third-order valence-corrected chi connectivity index (χ3v) is 4.57. The van der Waals surface area contributed by atoms with Crippen molar-refractivity contribution in [3.63, 3.8) is 0 Å². The number of nitrogens with two attached hydrogens (primary N) is 1. The van der Waals surface area contributed by atoms with Crippen LogP contribution in [0.5, 0.6) is 0 Å². The molecule has 3 rings (SSSR count). The average Bonchev–Trinajstić information content (AvgIpc) is 2.53. The Kier molecular flexibility index (Phi) is 5.84. The minimum absolute atomic E-state index is 0. The van der Waals surface area contributed by atoms with Crippen LogP contribution in [0.3, 0.4) is 0 Å². The highest BCUT2D eigenvalue weighted by atomic mass is 35.5. The van der Waals surface area contributed by atoms with E-state index < -0.39 is 0 Å². The molecule has 3 N–H and O–H groups in total. The van der Waals surface area contributed by atoms with E-state index in [-0.39, 0.29) is 30.2 Å². The van der Waals surface area contributed by atoms with Crippen LogP contribution >= 0.6 is 12.4 Å². The van der Waals surface area contributed by atoms with Gasteiger partial charge in [0.05, 0.1) is 12.5 Å². The smallest absolute Gasteiger partial charge is 0.224 e. The Morgan fingerprint density at radius 3 is 2.67 bits per heavy atom. The minimum Gasteiger partial charge on any atom is -0.399 e. The maximum absolute atomic E-state index is 14.0. The van der Waals surface area contributed by atoms with Crippen LogP contribution in [0, 0.1) is 11.7 Å². The number of fused-ring (bicyclic) bond motifs is 1. The lowest BCUT2D eigenvalue weighted by atomic mass is 9.80. The quantitative estimate of drug-likeness (QED) is 0.829. The van der Waals surface area contributed by atoms with E-state index in [0.717, 1.165) is 29.5 Å². The van der Waals surface area contributed by atoms with Gasteiger partial charge >= 0.3 is 0 Å². The molecule has 2 aromatic carbocycles. The lowest BCUT2D eigenvalue weighted by Crippen LogP contribution is -2.36. The monoisotopic (exact) mass is 348 g/mol. The Morgan fingerprint density at radius 2 is 1.96 bits per heavy atom. The van der Waals surface area contributed by atoms with Gasteiger partial charge in [0, 0.05) is 5.69 Å². The van der Waals surface area contributed by atoms with Gasteiger partial charge in [-0.3, -0.25) is 4.79 Å². The van der Waals surface area contributed by atoms with Crippen molar-refractivity contribution in [2.45, 2.75) is 32.2 Å². The Hall–Kier alpha value is -2.07. The largest absolute Gasteiger partial charge is 0.399 e. The van der Waals surface area contributed by atoms with Gasteiger partial charge < -0.3 is 11.1 Å². The molecule has 0 bridgehead atoms. The first-order valence-corrected chi connectivity index (χ1v) is 7.95. The molecule has 0 heterocycles. The Labute approximate surface area is 147 Å². The first-order chi connectivity index (χ1) is 11.0. The molecule has 0 aromatic heterocycles. The molecule has 3 nitrogen and oxygen atoms in total. The third kappa shape index (κ3) is 3.88. The van der Waals surface area contributed by atoms with Gasteiger partial charge in [0.15, 0.2) is 0 Å². The number of carbonyl (C=O) groups excluding carboxylic acids is 1. The molecule has 2 aromatic rings. The van der Waals surface area contributed by atoms with E-state index in [9.17, 15) is 9.18 Å². The summed E-state index contributed by atoms with van der Waals surface area (Å²) in [6, 6.07) is 12.3. The van der Waals surface area contributed by atoms with Crippen LogP contribution in [0.2, 0.25) is 0 Å². The molecule has 128 valence electrons. The summed E-state index contributed by atoms with van der Waals surface area (Å²) in [5.41, 5.74) is 8.90. The van der Waals surface area contributed by atoms with E-state index in [1.807, 2.05) is 18.2 Å². The molecule has 1 aliphatic carbocycles. The second-order valence-electron chi connectivity index (χ2n) is 6.29. The zero-order valence-corrected chi connectivity index (χ0v) is 14.4. The second-order valence-corrected chi connectivity index (χ2v) is 6.29. The molecule has 0 radical (unpaired) electrons. The number of halogens is 2. The molecular formula is C19H22ClFN2O. The molecule has 2 atom stereocenters. The van der Waals surface area contributed by atoms with E-state index in [1.165, 1.54) is 6.07 Å². The molecule has 0 spiro atoms. The summed E-state index contributed by atoms with van der Waals surface area (Å²) in [6.45, 7) is 2.10. The van der Waals surface area contributed by atoms with Crippen LogP contribution in [0.15, 0.2) is 42.5 Å². The summed E-state index contributed by atoms with van der Waals surface area (Å²) in [5, 5.41) is 3.08. The number of benzene rings is 2. The summed E-state index contributed by atoms with van der Waals surface area (Å²) in [5.74, 6) is 0.0654. The van der Waals surface area contributed by atoms with Gasteiger partial charge in [0.25, 0.3) is 0 Å². The van der Waals surface area contributed by atoms with Gasteiger partial charge in [-0.05, 0) is 53.6 Å². The van der Waals surface area contributed by atoms with E-state index in [4.69, 9.17) is 5.73 Å². The van der Waals surface area contributed by atoms with Crippen LogP contribution in [0.1, 0.15) is 36.1 Å². The zero-order valence-electron chi connectivity index (χ0n) is 13.6. The summed E-state index contributed by atoms with van der Waals surface area (Å²) in [4.78, 5) is 12.4. The molecule has 24 heavy (non-hydrogen) atoms. The summed E-state index contributed by atoms with van der Waals surface area (Å²) in [7, 11) is 0. The van der Waals surface area contributed by atoms with E-state index in [1.54, 1.807) is 18.2 Å². The van der Waals surface area contributed by atoms with Crippen molar-refractivity contribution in [2.24, 2.45) is 5.92 Å². The van der Waals surface area contributed by atoms with Gasteiger partial charge in [0.2, 0.25) is 5.91 Å². The van der Waals surface area contributed by atoms with Crippen LogP contribution in [-0.2, 0) is 17.6 Å². The Morgan fingerprint density at radius 1 is 1.25 bits per heavy atom. The number of anilines is 1. The Balaban J connectivity index is 0.00000208. The van der Waals surface area contributed by atoms with Crippen LogP contribution < -0.4 is 11.1 Å². The van der Waals surface area contributed by atoms with Gasteiger partial charge in [-0.15, -0.1) is 12.4 Å². The lowest BCUT2D eigenvalue weighted by Gasteiger charge is -2.32. The van der Waals surface area contributed by atoms with Crippen molar-refractivity contribution in [3.8, 4) is 0 Å². The molecule has 1 amide bonds. The standard InChI is InChI=1S/C19H21FN2O.ClH/c1-12-5-10-15-16(3-2-4-17(15)20)19(12)22-18(23)11-13-6-8-14(21)9-7-13;/h2-4,6-9,12,19H,5,10-11,21H2,1H3,(H,22,23);1H. The van der Waals surface area contributed by atoms with Crippen molar-refractivity contribution >= 4 is 24.0 Å². The summed E-state index contributed by atoms with van der Waals surface area (Å²) in [6.07, 6.45) is 1.91. The molecule has 0 aliphatic heterocycles. The predicted molar refractivity (Wildman–Crippen MR) is 96.6 cm³/mol. The average molecular weight is 349 g/mol. The predicted octanol–water partition coefficient (Wildman–Crippen LogP) is 3.81. The molecule has 0 saturated heterocycles. The normalized spacial score (nSPS) is 19.1. The topological polar surface area (TPSA) is 55.1 Å². The third-order valence-electron chi connectivity index (χ3n) is 4.57. The highest BCUT2D eigenvalue weighted by Gasteiger charge is 2.29. The minimum atomic E-state index is -0.174. The number of amides is 1. The van der Waals surface area contributed by atoms with Crippen LogP contribution in [0.25, 0.3) is 0 Å². The molecule has 0 fully saturated rings. The maximum Gasteiger partial charge on any atom is 0.224 e. The zero-order chi connectivity index (χ0) is 16.4. The summed E-state index contributed by atoms with van der Waals surface area (Å²) >= 11 is 0. The number of hydrogen-bond acceptors (Lipinski definition) is 2. The van der Waals surface area contributed by atoms with E-state index >= 15 is 0 Å². The Bertz CT molecular complexity index is 718. The number of rotatable bonds is 3. The fourth-order valence-corrected chi connectivity index (χ4v) is 3.24. The van der Waals surface area contributed by atoms with Crippen LogP contribution in [0.4, 0.5) is 10.1 Å². The second kappa shape index (κ2) is 7.67. The number of carbonyl (C=O) groups is 1. The van der Waals surface area contributed by atoms with Crippen molar-refractivity contribution in [2.75, 3.05) is 5.73 Å². The van der Waals surface area contributed by atoms with Gasteiger partial charge in [-0.25, -0.2) is 4.39 Å². The fraction of sp³-hybridized carbons (Fsp3) is 0.316. The van der Waals surface area contributed by atoms with Gasteiger partial charge in [-0.1, -0.05) is 31.2 Å². The van der Waals surface area contributed by atoms with Crippen molar-refractivity contribution in [1.29, 1.82) is 0 Å². The number of hydrogen-bond donors (Lipinski definition) is 2. The molecule has 5 heteroatoms. The van der Waals surface area contributed by atoms with E-state index in [0.29, 0.717) is 18.0 Å². The van der Waals surface area contributed by atoms with Crippen LogP contribution in [-0.4, -0.2) is 5.91 Å². The highest BCUT2D eigenvalue weighted by molar-refractivity contribution is 5.85. The lowest BCUT2D eigenvalue weighted by molar-refractivity contribution is -0.121. The van der Waals surface area contributed by atoms with Gasteiger partial charge in [0.1, 0.15) is 5.82 Å². The highest BCUT2D eigenvalue weighted by Crippen LogP contribution is 2.35. The van der Waals surface area contributed by atoms with Crippen molar-refractivity contribution in [1.82, 2.24) is 5.32 Å².